The first-order chi connectivity index (χ1) is 9.08. The number of aromatic hydroxyl groups is 1. The van der Waals surface area contributed by atoms with Gasteiger partial charge in [-0.15, -0.1) is 0 Å². The van der Waals surface area contributed by atoms with Crippen LogP contribution in [0.4, 0.5) is 8.78 Å². The third kappa shape index (κ3) is 5.12. The van der Waals surface area contributed by atoms with E-state index in [-0.39, 0.29) is 0 Å². The number of hydrogen-bond acceptors (Lipinski definition) is 3. The Balaban J connectivity index is 2.30. The number of halogens is 2. The molecule has 1 rings (SSSR count). The van der Waals surface area contributed by atoms with Crippen LogP contribution in [-0.2, 0) is 6.54 Å². The topological polar surface area (TPSA) is 35.5 Å². The lowest BCUT2D eigenvalue weighted by molar-refractivity contribution is 0.298. The van der Waals surface area contributed by atoms with Crippen LogP contribution in [0.2, 0.25) is 0 Å². The summed E-state index contributed by atoms with van der Waals surface area (Å²) in [5, 5.41) is 12.1. The van der Waals surface area contributed by atoms with Gasteiger partial charge in [0.2, 0.25) is 0 Å². The minimum atomic E-state index is -0.917. The molecule has 0 atom stereocenters. The first-order valence-corrected chi connectivity index (χ1v) is 6.68. The molecule has 1 aromatic rings. The van der Waals surface area contributed by atoms with Gasteiger partial charge in [-0.1, -0.05) is 13.8 Å². The molecule has 0 spiro atoms. The second-order valence-electron chi connectivity index (χ2n) is 4.47. The molecule has 0 radical (unpaired) electrons. The van der Waals surface area contributed by atoms with Crippen LogP contribution in [0.5, 0.6) is 5.75 Å². The van der Waals surface area contributed by atoms with Crippen molar-refractivity contribution < 1.29 is 13.9 Å². The lowest BCUT2D eigenvalue weighted by atomic mass is 10.2. The number of benzene rings is 1. The van der Waals surface area contributed by atoms with Crippen LogP contribution in [0.1, 0.15) is 25.8 Å². The number of phenolic OH excluding ortho intramolecular Hbond substituents is 1. The molecule has 0 amide bonds. The average Bonchev–Trinajstić information content (AvgIpc) is 2.40. The highest BCUT2D eigenvalue weighted by molar-refractivity contribution is 5.29. The molecule has 0 unspecified atom stereocenters. The summed E-state index contributed by atoms with van der Waals surface area (Å²) in [5.41, 5.74) is 0.496. The van der Waals surface area contributed by atoms with E-state index in [1.54, 1.807) is 0 Å². The Hall–Kier alpha value is -1.20. The van der Waals surface area contributed by atoms with E-state index >= 15 is 0 Å². The number of rotatable bonds is 8. The van der Waals surface area contributed by atoms with Gasteiger partial charge in [0, 0.05) is 6.54 Å². The minimum Gasteiger partial charge on any atom is -0.503 e. The maximum Gasteiger partial charge on any atom is 0.187 e. The number of phenols is 1. The zero-order chi connectivity index (χ0) is 14.3. The third-order valence-corrected chi connectivity index (χ3v) is 3.13. The van der Waals surface area contributed by atoms with Gasteiger partial charge >= 0.3 is 0 Å². The molecular weight excluding hydrogens is 250 g/mol. The SMILES string of the molecule is CCN(CC)CCCNCc1cc(F)c(O)c(F)c1. The molecular formula is C14H22F2N2O. The molecule has 0 saturated carbocycles. The average molecular weight is 272 g/mol. The molecule has 0 heterocycles. The molecule has 0 aliphatic rings. The van der Waals surface area contributed by atoms with Crippen molar-refractivity contribution in [2.75, 3.05) is 26.2 Å². The van der Waals surface area contributed by atoms with Crippen LogP contribution in [0.3, 0.4) is 0 Å². The van der Waals surface area contributed by atoms with E-state index in [4.69, 9.17) is 5.11 Å². The van der Waals surface area contributed by atoms with Crippen molar-refractivity contribution >= 4 is 0 Å². The first kappa shape index (κ1) is 15.9. The van der Waals surface area contributed by atoms with Crippen LogP contribution >= 0.6 is 0 Å². The summed E-state index contributed by atoms with van der Waals surface area (Å²) in [6, 6.07) is 2.30. The number of hydrogen-bond donors (Lipinski definition) is 2. The van der Waals surface area contributed by atoms with Crippen LogP contribution < -0.4 is 5.32 Å². The molecule has 3 nitrogen and oxygen atoms in total. The molecule has 0 fully saturated rings. The monoisotopic (exact) mass is 272 g/mol. The molecule has 0 aliphatic carbocycles. The lowest BCUT2D eigenvalue weighted by Crippen LogP contribution is -2.27. The van der Waals surface area contributed by atoms with Crippen LogP contribution in [-0.4, -0.2) is 36.2 Å². The Morgan fingerprint density at radius 2 is 1.74 bits per heavy atom. The molecule has 0 aliphatic heterocycles. The van der Waals surface area contributed by atoms with Gasteiger partial charge in [-0.25, -0.2) is 8.78 Å². The fraction of sp³-hybridized carbons (Fsp3) is 0.571. The molecule has 2 N–H and O–H groups in total. The van der Waals surface area contributed by atoms with Crippen LogP contribution in [0, 0.1) is 11.6 Å². The van der Waals surface area contributed by atoms with Gasteiger partial charge < -0.3 is 15.3 Å². The summed E-state index contributed by atoms with van der Waals surface area (Å²) in [6.45, 7) is 8.51. The van der Waals surface area contributed by atoms with Gasteiger partial charge in [0.15, 0.2) is 17.4 Å². The van der Waals surface area contributed by atoms with Crippen molar-refractivity contribution in [3.63, 3.8) is 0 Å². The maximum atomic E-state index is 13.1. The first-order valence-electron chi connectivity index (χ1n) is 6.68. The van der Waals surface area contributed by atoms with Crippen molar-refractivity contribution in [1.82, 2.24) is 10.2 Å². The summed E-state index contributed by atoms with van der Waals surface area (Å²) in [5.74, 6) is -2.75. The fourth-order valence-electron chi connectivity index (χ4n) is 1.92. The van der Waals surface area contributed by atoms with E-state index in [1.165, 1.54) is 0 Å². The largest absolute Gasteiger partial charge is 0.503 e. The summed E-state index contributed by atoms with van der Waals surface area (Å²) in [7, 11) is 0. The zero-order valence-corrected chi connectivity index (χ0v) is 11.5. The summed E-state index contributed by atoms with van der Waals surface area (Å²) in [6.07, 6.45) is 0.991. The second kappa shape index (κ2) is 8.07. The van der Waals surface area contributed by atoms with Gasteiger partial charge in [0.25, 0.3) is 0 Å². The second-order valence-corrected chi connectivity index (χ2v) is 4.47. The van der Waals surface area contributed by atoms with E-state index in [0.717, 1.165) is 44.7 Å². The number of nitrogens with zero attached hydrogens (tertiary/aromatic N) is 1. The molecule has 19 heavy (non-hydrogen) atoms. The molecule has 0 saturated heterocycles. The maximum absolute atomic E-state index is 13.1. The van der Waals surface area contributed by atoms with Gasteiger partial charge in [-0.05, 0) is 50.3 Å². The zero-order valence-electron chi connectivity index (χ0n) is 11.5. The lowest BCUT2D eigenvalue weighted by Gasteiger charge is -2.17. The van der Waals surface area contributed by atoms with Crippen LogP contribution in [0.25, 0.3) is 0 Å². The van der Waals surface area contributed by atoms with Crippen molar-refractivity contribution in [2.45, 2.75) is 26.8 Å². The summed E-state index contributed by atoms with van der Waals surface area (Å²) in [4.78, 5) is 2.32. The van der Waals surface area contributed by atoms with E-state index in [1.807, 2.05) is 0 Å². The fourth-order valence-corrected chi connectivity index (χ4v) is 1.92. The molecule has 5 heteroatoms. The molecule has 0 aromatic heterocycles. The smallest absolute Gasteiger partial charge is 0.187 e. The van der Waals surface area contributed by atoms with E-state index in [9.17, 15) is 8.78 Å². The van der Waals surface area contributed by atoms with Gasteiger partial charge in [0.1, 0.15) is 0 Å². The van der Waals surface area contributed by atoms with Gasteiger partial charge in [-0.2, -0.15) is 0 Å². The molecule has 1 aromatic carbocycles. The predicted molar refractivity (Wildman–Crippen MR) is 72.1 cm³/mol. The van der Waals surface area contributed by atoms with Crippen molar-refractivity contribution in [1.29, 1.82) is 0 Å². The van der Waals surface area contributed by atoms with Gasteiger partial charge in [0.05, 0.1) is 0 Å². The highest BCUT2D eigenvalue weighted by Gasteiger charge is 2.09. The molecule has 0 bridgehead atoms. The number of nitrogens with one attached hydrogen (secondary N) is 1. The summed E-state index contributed by atoms with van der Waals surface area (Å²) >= 11 is 0. The standard InChI is InChI=1S/C14H22F2N2O/c1-3-18(4-2)7-5-6-17-10-11-8-12(15)14(19)13(16)9-11/h8-9,17,19H,3-7,10H2,1-2H3. The Morgan fingerprint density at radius 3 is 2.26 bits per heavy atom. The minimum absolute atomic E-state index is 0.395. The van der Waals surface area contributed by atoms with Gasteiger partial charge in [-0.3, -0.25) is 0 Å². The van der Waals surface area contributed by atoms with E-state index < -0.39 is 17.4 Å². The van der Waals surface area contributed by atoms with Crippen molar-refractivity contribution in [2.24, 2.45) is 0 Å². The van der Waals surface area contributed by atoms with E-state index in [0.29, 0.717) is 12.1 Å². The highest BCUT2D eigenvalue weighted by Crippen LogP contribution is 2.21. The van der Waals surface area contributed by atoms with Crippen molar-refractivity contribution in [3.05, 3.63) is 29.3 Å². The molecule has 108 valence electrons. The Kier molecular flexibility index (Phi) is 6.73. The Labute approximate surface area is 113 Å². The summed E-state index contributed by atoms with van der Waals surface area (Å²) < 4.78 is 26.2. The highest BCUT2D eigenvalue weighted by atomic mass is 19.1. The quantitative estimate of drug-likeness (QED) is 0.714. The predicted octanol–water partition coefficient (Wildman–Crippen LogP) is 2.49. The third-order valence-electron chi connectivity index (χ3n) is 3.13. The van der Waals surface area contributed by atoms with E-state index in [2.05, 4.69) is 24.1 Å². The Bertz CT molecular complexity index is 372. The van der Waals surface area contributed by atoms with Crippen LogP contribution in [0.15, 0.2) is 12.1 Å². The van der Waals surface area contributed by atoms with Crippen molar-refractivity contribution in [3.8, 4) is 5.75 Å². The Morgan fingerprint density at radius 1 is 1.16 bits per heavy atom. The normalized spacial score (nSPS) is 11.2.